The van der Waals surface area contributed by atoms with Crippen LogP contribution < -0.4 is 0 Å². The van der Waals surface area contributed by atoms with Gasteiger partial charge in [-0.15, -0.1) is 0 Å². The Balaban J connectivity index is 1.51. The largest absolute Gasteiger partial charge is 0.338 e. The van der Waals surface area contributed by atoms with Gasteiger partial charge in [0.05, 0.1) is 22.7 Å². The van der Waals surface area contributed by atoms with E-state index in [4.69, 9.17) is 4.98 Å². The third-order valence-electron chi connectivity index (χ3n) is 7.57. The van der Waals surface area contributed by atoms with Crippen molar-refractivity contribution in [3.05, 3.63) is 139 Å². The Morgan fingerprint density at radius 2 is 1.17 bits per heavy atom. The summed E-state index contributed by atoms with van der Waals surface area (Å²) in [5.41, 5.74) is 9.81. The summed E-state index contributed by atoms with van der Waals surface area (Å²) in [5.74, 6) is 0.645. The number of nitrogens with one attached hydrogen (secondary N) is 1. The highest BCUT2D eigenvalue weighted by molar-refractivity contribution is 6.13. The number of aromatic amines is 1. The number of imidazole rings is 1. The number of aromatic nitrogens is 2. The van der Waals surface area contributed by atoms with Crippen molar-refractivity contribution in [1.29, 1.82) is 5.26 Å². The smallest absolute Gasteiger partial charge is 0.150 e. The van der Waals surface area contributed by atoms with Crippen LogP contribution in [0.25, 0.3) is 66.6 Å². The number of fused-ring (bicyclic) bond motifs is 2. The molecule has 0 amide bonds. The van der Waals surface area contributed by atoms with Gasteiger partial charge in [-0.1, -0.05) is 103 Å². The van der Waals surface area contributed by atoms with Gasteiger partial charge in [-0.05, 0) is 57.6 Å². The van der Waals surface area contributed by atoms with Crippen LogP contribution in [0.2, 0.25) is 0 Å². The predicted molar refractivity (Wildman–Crippen MR) is 165 cm³/mol. The summed E-state index contributed by atoms with van der Waals surface area (Å²) >= 11 is 0. The van der Waals surface area contributed by atoms with Crippen molar-refractivity contribution in [2.24, 2.45) is 0 Å². The number of hydrogen-bond donors (Lipinski definition) is 1. The lowest BCUT2D eigenvalue weighted by Gasteiger charge is -2.13. The van der Waals surface area contributed by atoms with Crippen LogP contribution in [0.5, 0.6) is 0 Å². The standard InChI is InChI=1S/C37H23N3O/c38-22-27-16-19-30(36-28(23-41)17-18-29(35(27)36)24-10-4-1-5-11-24)37-39-33-20-31(25-12-6-2-7-13-25)32(21-34(33)40-37)26-14-8-3-9-15-26/h1-21,23H,(H,39,40). The van der Waals surface area contributed by atoms with Gasteiger partial charge < -0.3 is 4.98 Å². The highest BCUT2D eigenvalue weighted by atomic mass is 16.1. The fourth-order valence-corrected chi connectivity index (χ4v) is 5.67. The molecule has 7 rings (SSSR count). The maximum absolute atomic E-state index is 12.3. The van der Waals surface area contributed by atoms with Gasteiger partial charge in [0.1, 0.15) is 5.82 Å². The van der Waals surface area contributed by atoms with Gasteiger partial charge in [0.25, 0.3) is 0 Å². The molecule has 0 aliphatic heterocycles. The first-order valence-corrected chi connectivity index (χ1v) is 13.4. The van der Waals surface area contributed by atoms with Gasteiger partial charge in [-0.25, -0.2) is 4.98 Å². The minimum atomic E-state index is 0.514. The van der Waals surface area contributed by atoms with Crippen LogP contribution in [0.15, 0.2) is 127 Å². The topological polar surface area (TPSA) is 69.5 Å². The molecule has 0 atom stereocenters. The average molecular weight is 526 g/mol. The van der Waals surface area contributed by atoms with E-state index >= 15 is 0 Å². The number of carbonyl (C=O) groups excluding carboxylic acids is 1. The fourth-order valence-electron chi connectivity index (χ4n) is 5.67. The van der Waals surface area contributed by atoms with E-state index in [1.54, 1.807) is 0 Å². The van der Waals surface area contributed by atoms with Crippen LogP contribution in [0, 0.1) is 11.3 Å². The molecule has 0 bridgehead atoms. The Hall–Kier alpha value is -5.79. The highest BCUT2D eigenvalue weighted by Crippen LogP contribution is 2.40. The van der Waals surface area contributed by atoms with Crippen molar-refractivity contribution in [1.82, 2.24) is 9.97 Å². The van der Waals surface area contributed by atoms with E-state index in [1.165, 1.54) is 0 Å². The monoisotopic (exact) mass is 525 g/mol. The van der Waals surface area contributed by atoms with Crippen molar-refractivity contribution in [2.45, 2.75) is 0 Å². The molecule has 0 aliphatic carbocycles. The summed E-state index contributed by atoms with van der Waals surface area (Å²) in [6, 6.07) is 44.6. The van der Waals surface area contributed by atoms with Gasteiger partial charge in [0, 0.05) is 21.9 Å². The second-order valence-electron chi connectivity index (χ2n) is 9.94. The van der Waals surface area contributed by atoms with Crippen LogP contribution >= 0.6 is 0 Å². The summed E-state index contributed by atoms with van der Waals surface area (Å²) in [5, 5.41) is 11.5. The fraction of sp³-hybridized carbons (Fsp3) is 0. The maximum atomic E-state index is 12.3. The van der Waals surface area contributed by atoms with E-state index < -0.39 is 0 Å². The molecule has 0 aliphatic rings. The van der Waals surface area contributed by atoms with Crippen molar-refractivity contribution < 1.29 is 4.79 Å². The Morgan fingerprint density at radius 1 is 0.610 bits per heavy atom. The number of benzene rings is 6. The highest BCUT2D eigenvalue weighted by Gasteiger charge is 2.19. The lowest BCUT2D eigenvalue weighted by molar-refractivity contribution is 0.112. The van der Waals surface area contributed by atoms with Crippen molar-refractivity contribution in [3.63, 3.8) is 0 Å². The molecule has 1 heterocycles. The quantitative estimate of drug-likeness (QED) is 0.228. The molecule has 6 aromatic carbocycles. The summed E-state index contributed by atoms with van der Waals surface area (Å²) in [7, 11) is 0. The number of carbonyl (C=O) groups is 1. The second kappa shape index (κ2) is 10.1. The van der Waals surface area contributed by atoms with Gasteiger partial charge in [-0.3, -0.25) is 4.79 Å². The second-order valence-corrected chi connectivity index (χ2v) is 9.94. The lowest BCUT2D eigenvalue weighted by atomic mass is 9.89. The molecular formula is C37H23N3O. The Bertz CT molecular complexity index is 2030. The van der Waals surface area contributed by atoms with Gasteiger partial charge >= 0.3 is 0 Å². The van der Waals surface area contributed by atoms with Crippen molar-refractivity contribution in [3.8, 4) is 50.8 Å². The van der Waals surface area contributed by atoms with E-state index in [9.17, 15) is 10.1 Å². The minimum absolute atomic E-state index is 0.514. The molecule has 1 aromatic heterocycles. The van der Waals surface area contributed by atoms with Crippen LogP contribution in [0.3, 0.4) is 0 Å². The number of nitriles is 1. The normalized spacial score (nSPS) is 11.0. The van der Waals surface area contributed by atoms with Crippen LogP contribution in [-0.2, 0) is 0 Å². The number of aldehydes is 1. The molecule has 0 spiro atoms. The Kier molecular flexibility index (Phi) is 5.96. The maximum Gasteiger partial charge on any atom is 0.150 e. The van der Waals surface area contributed by atoms with E-state index in [2.05, 4.69) is 47.5 Å². The number of hydrogen-bond acceptors (Lipinski definition) is 3. The summed E-state index contributed by atoms with van der Waals surface area (Å²) < 4.78 is 0. The first-order chi connectivity index (χ1) is 20.2. The molecule has 7 aromatic rings. The molecule has 0 unspecified atom stereocenters. The zero-order valence-electron chi connectivity index (χ0n) is 22.0. The molecule has 0 radical (unpaired) electrons. The van der Waals surface area contributed by atoms with Crippen molar-refractivity contribution in [2.75, 3.05) is 0 Å². The average Bonchev–Trinajstić information content (AvgIpc) is 3.47. The molecule has 1 N–H and O–H groups in total. The molecule has 192 valence electrons. The number of nitrogens with zero attached hydrogens (tertiary/aromatic N) is 2. The Morgan fingerprint density at radius 3 is 1.76 bits per heavy atom. The summed E-state index contributed by atoms with van der Waals surface area (Å²) in [4.78, 5) is 20.9. The SMILES string of the molecule is N#Cc1ccc(-c2nc3cc(-c4ccccc4)c(-c4ccccc4)cc3[nH]2)c2c(C=O)ccc(-c3ccccc3)c12. The first kappa shape index (κ1) is 24.3. The van der Waals surface area contributed by atoms with Crippen LogP contribution in [-0.4, -0.2) is 16.3 Å². The molecule has 0 saturated carbocycles. The zero-order valence-corrected chi connectivity index (χ0v) is 22.0. The van der Waals surface area contributed by atoms with Crippen LogP contribution in [0.4, 0.5) is 0 Å². The van der Waals surface area contributed by atoms with E-state index in [0.29, 0.717) is 22.3 Å². The predicted octanol–water partition coefficient (Wildman–Crippen LogP) is 9.07. The molecule has 0 saturated heterocycles. The third-order valence-corrected chi connectivity index (χ3v) is 7.57. The Labute approximate surface area is 237 Å². The molecule has 0 fully saturated rings. The number of H-pyrrole nitrogens is 1. The van der Waals surface area contributed by atoms with Gasteiger partial charge in [-0.2, -0.15) is 5.26 Å². The van der Waals surface area contributed by atoms with Crippen molar-refractivity contribution >= 4 is 28.1 Å². The van der Waals surface area contributed by atoms with Crippen LogP contribution in [0.1, 0.15) is 15.9 Å². The molecule has 4 nitrogen and oxygen atoms in total. The van der Waals surface area contributed by atoms with E-state index in [-0.39, 0.29) is 0 Å². The van der Waals surface area contributed by atoms with E-state index in [0.717, 1.165) is 61.6 Å². The van der Waals surface area contributed by atoms with Gasteiger partial charge in [0.15, 0.2) is 6.29 Å². The summed E-state index contributed by atoms with van der Waals surface area (Å²) in [6.45, 7) is 0. The van der Waals surface area contributed by atoms with Gasteiger partial charge in [0.2, 0.25) is 0 Å². The molecule has 4 heteroatoms. The number of rotatable bonds is 5. The minimum Gasteiger partial charge on any atom is -0.338 e. The summed E-state index contributed by atoms with van der Waals surface area (Å²) in [6.07, 6.45) is 0.853. The first-order valence-electron chi connectivity index (χ1n) is 13.4. The lowest BCUT2D eigenvalue weighted by Crippen LogP contribution is -1.95. The van der Waals surface area contributed by atoms with E-state index in [1.807, 2.05) is 91.0 Å². The zero-order chi connectivity index (χ0) is 27.8. The molecular weight excluding hydrogens is 502 g/mol. The molecule has 41 heavy (non-hydrogen) atoms. The third kappa shape index (κ3) is 4.17.